The molecule has 0 amide bonds. The van der Waals surface area contributed by atoms with E-state index in [9.17, 15) is 19.8 Å². The van der Waals surface area contributed by atoms with E-state index in [1.807, 2.05) is 0 Å². The van der Waals surface area contributed by atoms with Crippen LogP contribution >= 0.6 is 0 Å². The van der Waals surface area contributed by atoms with E-state index in [2.05, 4.69) is 4.98 Å². The van der Waals surface area contributed by atoms with E-state index < -0.39 is 35.8 Å². The number of nitrogens with one attached hydrogen (secondary N) is 1. The lowest BCUT2D eigenvalue weighted by atomic mass is 10.1. The van der Waals surface area contributed by atoms with Crippen LogP contribution in [-0.2, 0) is 14.2 Å². The molecule has 1 aromatic rings. The van der Waals surface area contributed by atoms with Crippen molar-refractivity contribution in [2.24, 2.45) is 0 Å². The molecule has 22 heavy (non-hydrogen) atoms. The molecule has 0 saturated carbocycles. The largest absolute Gasteiger partial charge is 0.387 e. The first kappa shape index (κ1) is 16.8. The first-order valence-corrected chi connectivity index (χ1v) is 6.86. The van der Waals surface area contributed by atoms with Crippen LogP contribution in [0, 0.1) is 6.92 Å². The highest BCUT2D eigenvalue weighted by Gasteiger charge is 2.44. The molecule has 0 radical (unpaired) electrons. The van der Waals surface area contributed by atoms with Gasteiger partial charge in [0.05, 0.1) is 19.8 Å². The second-order valence-corrected chi connectivity index (χ2v) is 5.09. The topological polar surface area (TPSA) is 123 Å². The Balaban J connectivity index is 2.11. The van der Waals surface area contributed by atoms with E-state index in [0.717, 1.165) is 4.57 Å². The van der Waals surface area contributed by atoms with E-state index in [1.165, 1.54) is 20.2 Å². The number of aromatic amines is 1. The standard InChI is InChI=1S/C13H20N2O7/c1-7-5-15(13(19)14-11(7)18)12-10(17)9(16)8(22-12)6-21-4-3-20-2/h5,8-10,12,16-17H,3-4,6H2,1-2H3,(H,14,18,19)/t8-,9-,10-,12-/m1/s1. The molecule has 9 nitrogen and oxygen atoms in total. The fraction of sp³-hybridized carbons (Fsp3) is 0.692. The number of aromatic nitrogens is 2. The van der Waals surface area contributed by atoms with Crippen LogP contribution in [0.2, 0.25) is 0 Å². The molecule has 9 heteroatoms. The molecule has 1 aromatic heterocycles. The maximum atomic E-state index is 11.8. The summed E-state index contributed by atoms with van der Waals surface area (Å²) in [4.78, 5) is 25.3. The Bertz CT molecular complexity index is 611. The molecular formula is C13H20N2O7. The lowest BCUT2D eigenvalue weighted by molar-refractivity contribution is -0.0725. The summed E-state index contributed by atoms with van der Waals surface area (Å²) in [5.41, 5.74) is -0.925. The van der Waals surface area contributed by atoms with Gasteiger partial charge in [-0.1, -0.05) is 0 Å². The first-order chi connectivity index (χ1) is 10.5. The highest BCUT2D eigenvalue weighted by molar-refractivity contribution is 5.03. The number of nitrogens with zero attached hydrogens (tertiary/aromatic N) is 1. The molecule has 1 aliphatic heterocycles. The van der Waals surface area contributed by atoms with Gasteiger partial charge in [0.1, 0.15) is 18.3 Å². The molecule has 0 unspecified atom stereocenters. The average Bonchev–Trinajstić information content (AvgIpc) is 2.76. The Morgan fingerprint density at radius 2 is 2.05 bits per heavy atom. The molecule has 0 bridgehead atoms. The third-order valence-corrected chi connectivity index (χ3v) is 3.47. The molecule has 1 saturated heterocycles. The lowest BCUT2D eigenvalue weighted by Gasteiger charge is -2.17. The van der Waals surface area contributed by atoms with Crippen LogP contribution in [0.1, 0.15) is 11.8 Å². The van der Waals surface area contributed by atoms with E-state index >= 15 is 0 Å². The third-order valence-electron chi connectivity index (χ3n) is 3.47. The Morgan fingerprint density at radius 3 is 2.73 bits per heavy atom. The molecular weight excluding hydrogens is 296 g/mol. The van der Waals surface area contributed by atoms with E-state index in [-0.39, 0.29) is 6.61 Å². The molecule has 4 atom stereocenters. The fourth-order valence-corrected chi connectivity index (χ4v) is 2.21. The molecule has 2 heterocycles. The Labute approximate surface area is 126 Å². The van der Waals surface area contributed by atoms with Gasteiger partial charge in [-0.25, -0.2) is 4.79 Å². The van der Waals surface area contributed by atoms with Gasteiger partial charge in [-0.2, -0.15) is 0 Å². The van der Waals surface area contributed by atoms with Crippen LogP contribution in [0.5, 0.6) is 0 Å². The zero-order chi connectivity index (χ0) is 16.3. The number of rotatable bonds is 6. The van der Waals surface area contributed by atoms with Crippen molar-refractivity contribution >= 4 is 0 Å². The average molecular weight is 316 g/mol. The van der Waals surface area contributed by atoms with Crippen molar-refractivity contribution in [3.8, 4) is 0 Å². The molecule has 1 aliphatic rings. The minimum atomic E-state index is -1.31. The van der Waals surface area contributed by atoms with Gasteiger partial charge in [-0.05, 0) is 6.92 Å². The third kappa shape index (κ3) is 3.45. The van der Waals surface area contributed by atoms with Crippen LogP contribution in [0.3, 0.4) is 0 Å². The molecule has 3 N–H and O–H groups in total. The number of aryl methyl sites for hydroxylation is 1. The minimum absolute atomic E-state index is 0.0508. The van der Waals surface area contributed by atoms with Crippen LogP contribution in [-0.4, -0.2) is 65.0 Å². The lowest BCUT2D eigenvalue weighted by Crippen LogP contribution is -2.38. The number of hydrogen-bond acceptors (Lipinski definition) is 7. The Kier molecular flexibility index (Phi) is 5.48. The zero-order valence-electron chi connectivity index (χ0n) is 12.4. The van der Waals surface area contributed by atoms with Crippen LogP contribution in [0.4, 0.5) is 0 Å². The summed E-state index contributed by atoms with van der Waals surface area (Å²) in [7, 11) is 1.54. The zero-order valence-corrected chi connectivity index (χ0v) is 12.4. The highest BCUT2D eigenvalue weighted by Crippen LogP contribution is 2.28. The number of aliphatic hydroxyl groups is 2. The van der Waals surface area contributed by atoms with Crippen LogP contribution in [0.25, 0.3) is 0 Å². The van der Waals surface area contributed by atoms with Crippen molar-refractivity contribution in [3.63, 3.8) is 0 Å². The van der Waals surface area contributed by atoms with Gasteiger partial charge < -0.3 is 24.4 Å². The van der Waals surface area contributed by atoms with Gasteiger partial charge in [0.15, 0.2) is 6.23 Å². The number of methoxy groups -OCH3 is 1. The molecule has 124 valence electrons. The van der Waals surface area contributed by atoms with Crippen LogP contribution in [0.15, 0.2) is 15.8 Å². The second kappa shape index (κ2) is 7.16. The molecule has 0 spiro atoms. The van der Waals surface area contributed by atoms with Gasteiger partial charge in [-0.3, -0.25) is 14.3 Å². The fourth-order valence-electron chi connectivity index (χ4n) is 2.21. The van der Waals surface area contributed by atoms with E-state index in [4.69, 9.17) is 14.2 Å². The van der Waals surface area contributed by atoms with Gasteiger partial charge in [0.25, 0.3) is 5.56 Å². The van der Waals surface area contributed by atoms with Crippen molar-refractivity contribution in [1.29, 1.82) is 0 Å². The van der Waals surface area contributed by atoms with Crippen molar-refractivity contribution in [3.05, 3.63) is 32.6 Å². The molecule has 1 fully saturated rings. The number of hydrogen-bond donors (Lipinski definition) is 3. The Hall–Kier alpha value is -1.52. The number of H-pyrrole nitrogens is 1. The number of aliphatic hydroxyl groups excluding tert-OH is 2. The van der Waals surface area contributed by atoms with Gasteiger partial charge in [-0.15, -0.1) is 0 Å². The second-order valence-electron chi connectivity index (χ2n) is 5.09. The van der Waals surface area contributed by atoms with E-state index in [1.54, 1.807) is 0 Å². The normalized spacial score (nSPS) is 28.2. The smallest absolute Gasteiger partial charge is 0.330 e. The minimum Gasteiger partial charge on any atom is -0.387 e. The first-order valence-electron chi connectivity index (χ1n) is 6.86. The summed E-state index contributed by atoms with van der Waals surface area (Å²) in [6, 6.07) is 0. The van der Waals surface area contributed by atoms with Crippen molar-refractivity contribution in [2.45, 2.75) is 31.5 Å². The van der Waals surface area contributed by atoms with Gasteiger partial charge in [0.2, 0.25) is 0 Å². The van der Waals surface area contributed by atoms with Crippen LogP contribution < -0.4 is 11.2 Å². The molecule has 0 aliphatic carbocycles. The van der Waals surface area contributed by atoms with Gasteiger partial charge in [0, 0.05) is 18.9 Å². The maximum Gasteiger partial charge on any atom is 0.330 e. The summed E-state index contributed by atoms with van der Waals surface area (Å²) in [6.45, 7) is 2.29. The predicted molar refractivity (Wildman–Crippen MR) is 74.7 cm³/mol. The van der Waals surface area contributed by atoms with Crippen molar-refractivity contribution in [1.82, 2.24) is 9.55 Å². The molecule has 0 aromatic carbocycles. The summed E-state index contributed by atoms with van der Waals surface area (Å²) >= 11 is 0. The summed E-state index contributed by atoms with van der Waals surface area (Å²) in [6.07, 6.45) is -3.09. The van der Waals surface area contributed by atoms with Crippen molar-refractivity contribution in [2.75, 3.05) is 26.9 Å². The Morgan fingerprint density at radius 1 is 1.32 bits per heavy atom. The van der Waals surface area contributed by atoms with E-state index in [0.29, 0.717) is 18.8 Å². The SMILES string of the molecule is COCCOC[C@H]1O[C@@H](n2cc(C)c(=O)[nH]c2=O)[C@H](O)[C@@H]1O. The van der Waals surface area contributed by atoms with Gasteiger partial charge >= 0.3 is 5.69 Å². The molecule has 2 rings (SSSR count). The predicted octanol–water partition coefficient (Wildman–Crippen LogP) is -1.87. The quantitative estimate of drug-likeness (QED) is 0.525. The monoisotopic (exact) mass is 316 g/mol. The summed E-state index contributed by atoms with van der Waals surface area (Å²) < 4.78 is 16.7. The highest BCUT2D eigenvalue weighted by atomic mass is 16.6. The summed E-state index contributed by atoms with van der Waals surface area (Å²) in [5, 5.41) is 20.0. The summed E-state index contributed by atoms with van der Waals surface area (Å²) in [5.74, 6) is 0. The number of ether oxygens (including phenoxy) is 3. The maximum absolute atomic E-state index is 11.8. The van der Waals surface area contributed by atoms with Crippen molar-refractivity contribution < 1.29 is 24.4 Å².